The number of H-pyrrole nitrogens is 1. The molecule has 0 unspecified atom stereocenters. The summed E-state index contributed by atoms with van der Waals surface area (Å²) in [6, 6.07) is 7.94. The minimum absolute atomic E-state index is 0.215. The number of carbonyl (C=O) groups is 1. The molecule has 1 aromatic heterocycles. The Bertz CT molecular complexity index is 929. The molecule has 7 nitrogen and oxygen atoms in total. The van der Waals surface area contributed by atoms with E-state index in [4.69, 9.17) is 9.94 Å². The van der Waals surface area contributed by atoms with Crippen LogP contribution in [0.1, 0.15) is 17.3 Å². The van der Waals surface area contributed by atoms with Crippen molar-refractivity contribution in [2.45, 2.75) is 13.2 Å². The highest BCUT2D eigenvalue weighted by atomic mass is 127. The van der Waals surface area contributed by atoms with Crippen molar-refractivity contribution in [1.82, 2.24) is 15.7 Å². The number of amides is 1. The normalized spacial score (nSPS) is 12.2. The number of fused-ring (bicyclic) bond motifs is 1. The van der Waals surface area contributed by atoms with Crippen molar-refractivity contribution in [2.75, 3.05) is 5.32 Å². The highest BCUT2D eigenvalue weighted by Gasteiger charge is 2.17. The Hall–Kier alpha value is -2.24. The van der Waals surface area contributed by atoms with Gasteiger partial charge in [0.05, 0.1) is 28.7 Å². The van der Waals surface area contributed by atoms with E-state index in [-0.39, 0.29) is 11.3 Å². The number of nitrogens with zero attached hydrogens (tertiary/aromatic N) is 1. The summed E-state index contributed by atoms with van der Waals surface area (Å²) in [4.78, 5) is 17.1. The molecular weight excluding hydrogens is 442 g/mol. The molecule has 3 rings (SSSR count). The summed E-state index contributed by atoms with van der Waals surface area (Å²) >= 11 is 2.01. The van der Waals surface area contributed by atoms with Gasteiger partial charge in [-0.15, -0.1) is 0 Å². The molecule has 1 heterocycles. The molecule has 0 aliphatic heterocycles. The van der Waals surface area contributed by atoms with Crippen molar-refractivity contribution in [3.05, 3.63) is 51.5 Å². The van der Waals surface area contributed by atoms with E-state index < -0.39 is 18.0 Å². The number of aliphatic hydroxyl groups excluding tert-OH is 1. The fraction of sp³-hybridized carbons (Fsp3) is 0.125. The predicted octanol–water partition coefficient (Wildman–Crippen LogP) is 3.05. The highest BCUT2D eigenvalue weighted by Crippen LogP contribution is 2.31. The molecule has 9 heteroatoms. The quantitative estimate of drug-likeness (QED) is 0.269. The number of benzene rings is 2. The summed E-state index contributed by atoms with van der Waals surface area (Å²) in [5.74, 6) is -1.03. The lowest BCUT2D eigenvalue weighted by atomic mass is 10.1. The minimum atomic E-state index is -1.16. The first-order valence-corrected chi connectivity index (χ1v) is 8.36. The predicted molar refractivity (Wildman–Crippen MR) is 98.7 cm³/mol. The highest BCUT2D eigenvalue weighted by molar-refractivity contribution is 14.1. The molecular formula is C16H14FIN4O3. The van der Waals surface area contributed by atoms with Crippen LogP contribution in [0.4, 0.5) is 15.8 Å². The van der Waals surface area contributed by atoms with Gasteiger partial charge in [0.2, 0.25) is 0 Å². The Morgan fingerprint density at radius 2 is 2.20 bits per heavy atom. The second-order valence-electron chi connectivity index (χ2n) is 5.22. The standard InChI is InChI=1S/C16H14FIN4O3/c1-8(23)25-22-16(24)10-3-5-13-11(7-19-21-13)15(10)20-14-4-2-9(18)6-12(14)17/h2-8,20,23H,1H3,(H,19,21)(H,22,24)/t8-/m1/s1. The van der Waals surface area contributed by atoms with Gasteiger partial charge in [0.15, 0.2) is 6.29 Å². The smallest absolute Gasteiger partial charge is 0.277 e. The third-order valence-corrected chi connectivity index (χ3v) is 4.05. The van der Waals surface area contributed by atoms with Crippen LogP contribution in [0.2, 0.25) is 0 Å². The number of halogens is 2. The average Bonchev–Trinajstić information content (AvgIpc) is 3.04. The van der Waals surface area contributed by atoms with E-state index >= 15 is 0 Å². The van der Waals surface area contributed by atoms with E-state index in [1.807, 2.05) is 22.6 Å². The molecule has 0 aliphatic rings. The number of aromatic nitrogens is 2. The van der Waals surface area contributed by atoms with E-state index in [2.05, 4.69) is 21.0 Å². The summed E-state index contributed by atoms with van der Waals surface area (Å²) < 4.78 is 15.0. The number of hydrogen-bond acceptors (Lipinski definition) is 5. The first-order chi connectivity index (χ1) is 12.0. The van der Waals surface area contributed by atoms with Crippen LogP contribution in [0.5, 0.6) is 0 Å². The number of anilines is 2. The van der Waals surface area contributed by atoms with Gasteiger partial charge < -0.3 is 10.4 Å². The maximum Gasteiger partial charge on any atom is 0.277 e. The third-order valence-electron chi connectivity index (χ3n) is 3.38. The molecule has 0 saturated carbocycles. The molecule has 0 spiro atoms. The summed E-state index contributed by atoms with van der Waals surface area (Å²) in [6.07, 6.45) is 0.376. The molecule has 1 amide bonds. The van der Waals surface area contributed by atoms with Crippen molar-refractivity contribution in [1.29, 1.82) is 0 Å². The maximum absolute atomic E-state index is 14.2. The van der Waals surface area contributed by atoms with Crippen LogP contribution >= 0.6 is 22.6 Å². The van der Waals surface area contributed by atoms with Gasteiger partial charge in [-0.3, -0.25) is 9.89 Å². The van der Waals surface area contributed by atoms with Crippen molar-refractivity contribution in [3.8, 4) is 0 Å². The first-order valence-electron chi connectivity index (χ1n) is 7.28. The van der Waals surface area contributed by atoms with Crippen LogP contribution in [-0.2, 0) is 4.84 Å². The number of hydroxylamine groups is 1. The molecule has 0 radical (unpaired) electrons. The lowest BCUT2D eigenvalue weighted by Crippen LogP contribution is -2.28. The van der Waals surface area contributed by atoms with Crippen LogP contribution in [-0.4, -0.2) is 27.5 Å². The van der Waals surface area contributed by atoms with Crippen molar-refractivity contribution in [3.63, 3.8) is 0 Å². The van der Waals surface area contributed by atoms with E-state index in [1.165, 1.54) is 19.2 Å². The molecule has 25 heavy (non-hydrogen) atoms. The molecule has 1 atom stereocenters. The average molecular weight is 456 g/mol. The zero-order valence-electron chi connectivity index (χ0n) is 13.0. The molecule has 130 valence electrons. The van der Waals surface area contributed by atoms with Crippen LogP contribution < -0.4 is 10.8 Å². The molecule has 4 N–H and O–H groups in total. The van der Waals surface area contributed by atoms with Gasteiger partial charge in [0.25, 0.3) is 5.91 Å². The molecule has 0 aliphatic carbocycles. The van der Waals surface area contributed by atoms with E-state index in [9.17, 15) is 9.18 Å². The Kier molecular flexibility index (Phi) is 5.16. The third kappa shape index (κ3) is 3.89. The number of hydrogen-bond donors (Lipinski definition) is 4. The Labute approximate surface area is 155 Å². The fourth-order valence-corrected chi connectivity index (χ4v) is 2.71. The van der Waals surface area contributed by atoms with Crippen LogP contribution in [0.3, 0.4) is 0 Å². The second-order valence-corrected chi connectivity index (χ2v) is 6.46. The molecule has 0 bridgehead atoms. The van der Waals surface area contributed by atoms with Crippen LogP contribution in [0, 0.1) is 9.39 Å². The Balaban J connectivity index is 2.03. The number of nitrogens with one attached hydrogen (secondary N) is 3. The largest absolute Gasteiger partial charge is 0.366 e. The van der Waals surface area contributed by atoms with Crippen LogP contribution in [0.25, 0.3) is 10.9 Å². The summed E-state index contributed by atoms with van der Waals surface area (Å²) in [6.45, 7) is 1.36. The topological polar surface area (TPSA) is 99.3 Å². The van der Waals surface area contributed by atoms with Gasteiger partial charge in [-0.05, 0) is 59.8 Å². The van der Waals surface area contributed by atoms with Gasteiger partial charge in [0.1, 0.15) is 5.82 Å². The van der Waals surface area contributed by atoms with Crippen molar-refractivity contribution < 1.29 is 19.1 Å². The maximum atomic E-state index is 14.2. The lowest BCUT2D eigenvalue weighted by Gasteiger charge is -2.14. The lowest BCUT2D eigenvalue weighted by molar-refractivity contribution is -0.121. The van der Waals surface area contributed by atoms with Gasteiger partial charge in [-0.25, -0.2) is 14.7 Å². The van der Waals surface area contributed by atoms with Crippen molar-refractivity contribution in [2.24, 2.45) is 0 Å². The summed E-state index contributed by atoms with van der Waals surface area (Å²) in [7, 11) is 0. The monoisotopic (exact) mass is 456 g/mol. The molecule has 3 aromatic rings. The van der Waals surface area contributed by atoms with E-state index in [0.29, 0.717) is 16.6 Å². The fourth-order valence-electron chi connectivity index (χ4n) is 2.26. The van der Waals surface area contributed by atoms with Gasteiger partial charge in [-0.2, -0.15) is 5.10 Å². The number of aliphatic hydroxyl groups is 1. The van der Waals surface area contributed by atoms with Crippen molar-refractivity contribution >= 4 is 50.8 Å². The summed E-state index contributed by atoms with van der Waals surface area (Å²) in [5, 5.41) is 19.4. The Morgan fingerprint density at radius 1 is 1.40 bits per heavy atom. The Morgan fingerprint density at radius 3 is 2.92 bits per heavy atom. The molecule has 0 fully saturated rings. The summed E-state index contributed by atoms with van der Waals surface area (Å²) in [5.41, 5.74) is 3.64. The minimum Gasteiger partial charge on any atom is -0.366 e. The van der Waals surface area contributed by atoms with E-state index in [1.54, 1.807) is 24.3 Å². The number of rotatable bonds is 5. The first kappa shape index (κ1) is 17.6. The second kappa shape index (κ2) is 7.33. The van der Waals surface area contributed by atoms with Gasteiger partial charge in [0, 0.05) is 8.96 Å². The molecule has 2 aromatic carbocycles. The number of aromatic amines is 1. The number of carbonyl (C=O) groups excluding carboxylic acids is 1. The zero-order chi connectivity index (χ0) is 18.0. The molecule has 0 saturated heterocycles. The van der Waals surface area contributed by atoms with Crippen LogP contribution in [0.15, 0.2) is 36.5 Å². The van der Waals surface area contributed by atoms with E-state index in [0.717, 1.165) is 3.57 Å². The zero-order valence-corrected chi connectivity index (χ0v) is 15.2. The van der Waals surface area contributed by atoms with Gasteiger partial charge >= 0.3 is 0 Å². The van der Waals surface area contributed by atoms with Gasteiger partial charge in [-0.1, -0.05) is 0 Å². The SMILES string of the molecule is C[C@H](O)ONC(=O)c1ccc2[nH]ncc2c1Nc1ccc(I)cc1F.